The lowest BCUT2D eigenvalue weighted by molar-refractivity contribution is -0.173. The van der Waals surface area contributed by atoms with Crippen molar-refractivity contribution in [2.45, 2.75) is 232 Å². The average molecular weight is 815 g/mol. The highest BCUT2D eigenvalue weighted by Gasteiger charge is 2.34. The number of unbranched alkanes of at least 4 members (excludes halogenated alkanes) is 28. The minimum Gasteiger partial charge on any atom is -0.456 e. The van der Waals surface area contributed by atoms with Crippen molar-refractivity contribution >= 4 is 27.6 Å². The van der Waals surface area contributed by atoms with Gasteiger partial charge in [0.25, 0.3) is 0 Å². The van der Waals surface area contributed by atoms with E-state index in [1.54, 1.807) is 0 Å². The van der Waals surface area contributed by atoms with E-state index >= 15 is 0 Å². The third-order valence-electron chi connectivity index (χ3n) is 9.76. The molecule has 2 atom stereocenters. The summed E-state index contributed by atoms with van der Waals surface area (Å²) in [6, 6.07) is 0. The van der Waals surface area contributed by atoms with Gasteiger partial charge in [-0.2, -0.15) is 0 Å². The summed E-state index contributed by atoms with van der Waals surface area (Å²) in [4.78, 5) is 62.5. The van der Waals surface area contributed by atoms with Crippen molar-refractivity contribution in [1.82, 2.24) is 0 Å². The molecule has 0 heterocycles. The highest BCUT2D eigenvalue weighted by Crippen LogP contribution is 2.38. The number of hydrogen-bond donors (Lipinski definition) is 4. The molecule has 14 heteroatoms. The van der Waals surface area contributed by atoms with Crippen LogP contribution < -0.4 is 0 Å². The van der Waals surface area contributed by atoms with Crippen LogP contribution in [0.3, 0.4) is 0 Å². The maximum absolute atomic E-state index is 12.7. The Kier molecular flexibility index (Phi) is 35.9. The lowest BCUT2D eigenvalue weighted by atomic mass is 10.0. The number of phosphoric ester groups is 2. The summed E-state index contributed by atoms with van der Waals surface area (Å²) in [7, 11) is -10.0. The molecule has 0 radical (unpaired) electrons. The van der Waals surface area contributed by atoms with Gasteiger partial charge < -0.3 is 29.0 Å². The largest absolute Gasteiger partial charge is 0.469 e. The van der Waals surface area contributed by atoms with Crippen LogP contribution in [-0.2, 0) is 37.2 Å². The first-order valence-electron chi connectivity index (χ1n) is 21.7. The molecule has 0 saturated carbocycles. The third kappa shape index (κ3) is 39.4. The van der Waals surface area contributed by atoms with Gasteiger partial charge in [0.15, 0.2) is 12.2 Å². The van der Waals surface area contributed by atoms with Crippen molar-refractivity contribution in [2.75, 3.05) is 13.2 Å². The van der Waals surface area contributed by atoms with E-state index in [-0.39, 0.29) is 12.8 Å². The van der Waals surface area contributed by atoms with Crippen molar-refractivity contribution in [2.24, 2.45) is 0 Å². The zero-order chi connectivity index (χ0) is 40.2. The van der Waals surface area contributed by atoms with Crippen molar-refractivity contribution in [3.63, 3.8) is 0 Å². The number of rotatable bonds is 41. The molecule has 12 nitrogen and oxygen atoms in total. The second-order valence-corrected chi connectivity index (χ2v) is 17.5. The highest BCUT2D eigenvalue weighted by atomic mass is 31.2. The van der Waals surface area contributed by atoms with Crippen LogP contribution in [0.2, 0.25) is 0 Å². The second kappa shape index (κ2) is 36.5. The minimum atomic E-state index is -5.01. The molecule has 0 aliphatic rings. The van der Waals surface area contributed by atoms with Gasteiger partial charge in [0.2, 0.25) is 0 Å². The van der Waals surface area contributed by atoms with Gasteiger partial charge in [-0.25, -0.2) is 9.13 Å². The third-order valence-corrected chi connectivity index (χ3v) is 10.7. The first-order valence-corrected chi connectivity index (χ1v) is 24.7. The molecule has 0 unspecified atom stereocenters. The molecule has 0 aliphatic heterocycles. The van der Waals surface area contributed by atoms with Crippen LogP contribution in [0.1, 0.15) is 219 Å². The van der Waals surface area contributed by atoms with Crippen LogP contribution in [-0.4, -0.2) is 56.9 Å². The zero-order valence-electron chi connectivity index (χ0n) is 34.1. The maximum Gasteiger partial charge on any atom is 0.469 e. The van der Waals surface area contributed by atoms with Crippen LogP contribution in [0.4, 0.5) is 0 Å². The maximum atomic E-state index is 12.7. The molecule has 0 spiro atoms. The van der Waals surface area contributed by atoms with Gasteiger partial charge in [0.1, 0.15) is 0 Å². The molecule has 54 heavy (non-hydrogen) atoms. The minimum absolute atomic E-state index is 0.0177. The Bertz CT molecular complexity index is 895. The van der Waals surface area contributed by atoms with E-state index < -0.39 is 53.0 Å². The number of ether oxygens (including phenoxy) is 2. The summed E-state index contributed by atoms with van der Waals surface area (Å²) < 4.78 is 42.8. The number of phosphoric acid groups is 2. The molecule has 0 rings (SSSR count). The monoisotopic (exact) mass is 815 g/mol. The van der Waals surface area contributed by atoms with E-state index in [0.29, 0.717) is 12.8 Å². The summed E-state index contributed by atoms with van der Waals surface area (Å²) in [6.07, 6.45) is 32.0. The molecule has 0 aromatic carbocycles. The van der Waals surface area contributed by atoms with Crippen molar-refractivity contribution < 1.29 is 56.8 Å². The van der Waals surface area contributed by atoms with E-state index in [1.807, 2.05) is 0 Å². The van der Waals surface area contributed by atoms with Crippen molar-refractivity contribution in [3.05, 3.63) is 0 Å². The fraction of sp³-hybridized carbons (Fsp3) is 0.950. The Balaban J connectivity index is 4.55. The number of carbonyl (C=O) groups excluding carboxylic acids is 2. The number of esters is 2. The lowest BCUT2D eigenvalue weighted by Crippen LogP contribution is -2.41. The van der Waals surface area contributed by atoms with E-state index in [4.69, 9.17) is 9.47 Å². The summed E-state index contributed by atoms with van der Waals surface area (Å²) >= 11 is 0. The number of carbonyl (C=O) groups is 2. The SMILES string of the molecule is CCCCCCCCCCCCCCCCCC(=O)O[C@@H](COP(=O)(O)O)[C@@H](COP(=O)(O)O)OC(=O)CCCCCCCCCCCCCCCCC. The van der Waals surface area contributed by atoms with E-state index in [0.717, 1.165) is 51.4 Å². The summed E-state index contributed by atoms with van der Waals surface area (Å²) in [5.41, 5.74) is 0. The van der Waals surface area contributed by atoms with Gasteiger partial charge in [0.05, 0.1) is 13.2 Å². The van der Waals surface area contributed by atoms with Gasteiger partial charge >= 0.3 is 27.6 Å². The molecule has 0 aromatic rings. The van der Waals surface area contributed by atoms with Gasteiger partial charge in [-0.05, 0) is 12.8 Å². The lowest BCUT2D eigenvalue weighted by Gasteiger charge is -2.27. The van der Waals surface area contributed by atoms with Crippen LogP contribution in [0.15, 0.2) is 0 Å². The van der Waals surface area contributed by atoms with Gasteiger partial charge in [-0.3, -0.25) is 18.6 Å². The van der Waals surface area contributed by atoms with Gasteiger partial charge in [-0.1, -0.05) is 194 Å². The Morgan fingerprint density at radius 2 is 0.593 bits per heavy atom. The summed E-state index contributed by atoms with van der Waals surface area (Å²) in [5.74, 6) is -1.41. The molecular formula is C40H80O12P2. The standard InChI is InChI=1S/C40H80O12P2/c1-3-5-7-9-11-13-15-17-19-21-23-25-27-29-31-33-39(41)51-37(35-49-53(43,44)45)38(36-50-54(46,47)48)52-40(42)34-32-30-28-26-24-22-20-18-16-14-12-10-8-6-4-2/h37-38H,3-36H2,1-2H3,(H2,43,44,45)(H2,46,47,48)/t37-,38+. The van der Waals surface area contributed by atoms with Crippen molar-refractivity contribution in [1.29, 1.82) is 0 Å². The van der Waals surface area contributed by atoms with Crippen LogP contribution >= 0.6 is 15.6 Å². The molecule has 0 amide bonds. The first kappa shape index (κ1) is 53.2. The fourth-order valence-corrected chi connectivity index (χ4v) is 7.19. The second-order valence-electron chi connectivity index (χ2n) is 15.0. The normalized spacial score (nSPS) is 13.2. The predicted octanol–water partition coefficient (Wildman–Crippen LogP) is 11.6. The van der Waals surface area contributed by atoms with Crippen LogP contribution in [0.5, 0.6) is 0 Å². The topological polar surface area (TPSA) is 186 Å². The molecule has 0 fully saturated rings. The molecule has 0 saturated heterocycles. The fourth-order valence-electron chi connectivity index (χ4n) is 6.51. The predicted molar refractivity (Wildman–Crippen MR) is 215 cm³/mol. The average Bonchev–Trinajstić information content (AvgIpc) is 3.11. The zero-order valence-corrected chi connectivity index (χ0v) is 35.9. The molecule has 0 bridgehead atoms. The molecular weight excluding hydrogens is 734 g/mol. The molecule has 322 valence electrons. The van der Waals surface area contributed by atoms with E-state index in [9.17, 15) is 38.3 Å². The first-order chi connectivity index (χ1) is 25.9. The molecule has 4 N–H and O–H groups in total. The Labute approximate surface area is 328 Å². The Morgan fingerprint density at radius 1 is 0.389 bits per heavy atom. The quantitative estimate of drug-likeness (QED) is 0.0260. The Hall–Kier alpha value is -0.840. The summed E-state index contributed by atoms with van der Waals surface area (Å²) in [6.45, 7) is 2.74. The van der Waals surface area contributed by atoms with Crippen LogP contribution in [0.25, 0.3) is 0 Å². The molecule has 0 aliphatic carbocycles. The van der Waals surface area contributed by atoms with Gasteiger partial charge in [-0.15, -0.1) is 0 Å². The van der Waals surface area contributed by atoms with Crippen LogP contribution in [0, 0.1) is 0 Å². The Morgan fingerprint density at radius 3 is 0.796 bits per heavy atom. The summed E-state index contributed by atoms with van der Waals surface area (Å²) in [5, 5.41) is 0. The smallest absolute Gasteiger partial charge is 0.456 e. The van der Waals surface area contributed by atoms with E-state index in [2.05, 4.69) is 22.9 Å². The van der Waals surface area contributed by atoms with E-state index in [1.165, 1.54) is 128 Å². The number of hydrogen-bond acceptors (Lipinski definition) is 8. The van der Waals surface area contributed by atoms with Crippen molar-refractivity contribution in [3.8, 4) is 0 Å². The highest BCUT2D eigenvalue weighted by molar-refractivity contribution is 7.46. The van der Waals surface area contributed by atoms with Gasteiger partial charge in [0, 0.05) is 12.8 Å². The molecule has 0 aromatic heterocycles.